The van der Waals surface area contributed by atoms with Gasteiger partial charge >= 0.3 is 0 Å². The normalized spacial score (nSPS) is 10.9. The number of hydrogen-bond acceptors (Lipinski definition) is 3. The fraction of sp³-hybridized carbons (Fsp3) is 0.182. The Morgan fingerprint density at radius 1 is 1.04 bits per heavy atom. The van der Waals surface area contributed by atoms with Crippen LogP contribution >= 0.6 is 0 Å². The Labute approximate surface area is 159 Å². The largest absolute Gasteiger partial charge is 0.376 e. The summed E-state index contributed by atoms with van der Waals surface area (Å²) < 4.78 is 2.09. The van der Waals surface area contributed by atoms with Crippen LogP contribution in [-0.4, -0.2) is 23.2 Å². The lowest BCUT2D eigenvalue weighted by Gasteiger charge is -2.07. The maximum Gasteiger partial charge on any atom is 0.259 e. The van der Waals surface area contributed by atoms with Crippen molar-refractivity contribution in [2.75, 3.05) is 11.9 Å². The van der Waals surface area contributed by atoms with Crippen LogP contribution < -0.4 is 10.7 Å². The molecule has 138 valence electrons. The molecule has 0 bridgehead atoms. The number of rotatable bonds is 6. The molecule has 0 atom stereocenters. The smallest absolute Gasteiger partial charge is 0.259 e. The Kier molecular flexibility index (Phi) is 5.71. The highest BCUT2D eigenvalue weighted by Gasteiger charge is 2.03. The van der Waals surface area contributed by atoms with E-state index < -0.39 is 0 Å². The number of hydrogen-bond donors (Lipinski definition) is 2. The van der Waals surface area contributed by atoms with E-state index in [4.69, 9.17) is 0 Å². The lowest BCUT2D eigenvalue weighted by atomic mass is 10.1. The van der Waals surface area contributed by atoms with Gasteiger partial charge < -0.3 is 9.88 Å². The van der Waals surface area contributed by atoms with Gasteiger partial charge in [0, 0.05) is 28.8 Å². The fourth-order valence-electron chi connectivity index (χ4n) is 2.79. The fourth-order valence-corrected chi connectivity index (χ4v) is 2.79. The average molecular weight is 360 g/mol. The predicted molar refractivity (Wildman–Crippen MR) is 111 cm³/mol. The van der Waals surface area contributed by atoms with E-state index in [1.807, 2.05) is 67.7 Å². The number of aromatic nitrogens is 1. The number of hydrazone groups is 1. The number of nitrogens with one attached hydrogen (secondary N) is 2. The van der Waals surface area contributed by atoms with Crippen LogP contribution in [-0.2, 0) is 4.79 Å². The third kappa shape index (κ3) is 4.85. The summed E-state index contributed by atoms with van der Waals surface area (Å²) in [5.74, 6) is -0.191. The Bertz CT molecular complexity index is 958. The van der Waals surface area contributed by atoms with E-state index in [1.165, 1.54) is 11.1 Å². The maximum absolute atomic E-state index is 12.0. The highest BCUT2D eigenvalue weighted by Crippen LogP contribution is 2.14. The number of aryl methyl sites for hydroxylation is 3. The summed E-state index contributed by atoms with van der Waals surface area (Å²) in [5, 5.41) is 7.16. The molecule has 1 amide bonds. The molecule has 5 heteroatoms. The van der Waals surface area contributed by atoms with Crippen LogP contribution in [0.5, 0.6) is 0 Å². The number of anilines is 1. The molecule has 0 aliphatic rings. The van der Waals surface area contributed by atoms with E-state index in [0.29, 0.717) is 0 Å². The molecule has 27 heavy (non-hydrogen) atoms. The van der Waals surface area contributed by atoms with Gasteiger partial charge in [-0.1, -0.05) is 24.3 Å². The molecular formula is C22H24N4O. The number of carbonyl (C=O) groups is 1. The molecule has 2 N–H and O–H groups in total. The number of para-hydroxylation sites is 1. The van der Waals surface area contributed by atoms with Crippen LogP contribution in [0.25, 0.3) is 5.69 Å². The molecule has 0 saturated heterocycles. The molecule has 0 unspecified atom stereocenters. The van der Waals surface area contributed by atoms with Crippen molar-refractivity contribution in [1.29, 1.82) is 0 Å². The van der Waals surface area contributed by atoms with Crippen LogP contribution in [0.2, 0.25) is 0 Å². The molecule has 0 aliphatic carbocycles. The molecule has 0 fully saturated rings. The summed E-state index contributed by atoms with van der Waals surface area (Å²) in [6.45, 7) is 6.32. The van der Waals surface area contributed by atoms with Gasteiger partial charge in [0.1, 0.15) is 0 Å². The van der Waals surface area contributed by atoms with Crippen molar-refractivity contribution in [3.63, 3.8) is 0 Å². The average Bonchev–Trinajstić information content (AvgIpc) is 3.04. The van der Waals surface area contributed by atoms with Crippen molar-refractivity contribution < 1.29 is 4.79 Å². The zero-order valence-corrected chi connectivity index (χ0v) is 15.9. The summed E-state index contributed by atoms with van der Waals surface area (Å²) in [7, 11) is 0. The van der Waals surface area contributed by atoms with Crippen molar-refractivity contribution in [2.45, 2.75) is 20.8 Å². The summed E-state index contributed by atoms with van der Waals surface area (Å²) >= 11 is 0. The minimum absolute atomic E-state index is 0.171. The van der Waals surface area contributed by atoms with E-state index in [1.54, 1.807) is 6.21 Å². The van der Waals surface area contributed by atoms with Gasteiger partial charge in [0.15, 0.2) is 0 Å². The molecule has 2 aromatic carbocycles. The number of nitrogens with zero attached hydrogens (tertiary/aromatic N) is 2. The molecule has 0 aliphatic heterocycles. The van der Waals surface area contributed by atoms with Gasteiger partial charge in [-0.05, 0) is 62.2 Å². The first-order valence-electron chi connectivity index (χ1n) is 8.90. The van der Waals surface area contributed by atoms with E-state index in [2.05, 4.69) is 34.3 Å². The molecule has 5 nitrogen and oxygen atoms in total. The van der Waals surface area contributed by atoms with Crippen LogP contribution in [0.1, 0.15) is 22.4 Å². The van der Waals surface area contributed by atoms with Crippen LogP contribution in [0.4, 0.5) is 5.69 Å². The highest BCUT2D eigenvalue weighted by molar-refractivity contribution is 5.84. The topological polar surface area (TPSA) is 58.4 Å². The SMILES string of the molecule is Cc1ccc(NCC(=O)N/N=C\c2cc(C)n(-c3ccccc3)c2)cc1C. The predicted octanol–water partition coefficient (Wildman–Crippen LogP) is 3.96. The Balaban J connectivity index is 1.54. The molecule has 0 saturated carbocycles. The first-order chi connectivity index (χ1) is 13.0. The van der Waals surface area contributed by atoms with E-state index in [9.17, 15) is 4.79 Å². The number of amides is 1. The van der Waals surface area contributed by atoms with Gasteiger partial charge in [0.05, 0.1) is 12.8 Å². The molecule has 1 aromatic heterocycles. The quantitative estimate of drug-likeness (QED) is 0.516. The van der Waals surface area contributed by atoms with E-state index >= 15 is 0 Å². The van der Waals surface area contributed by atoms with Crippen molar-refractivity contribution >= 4 is 17.8 Å². The molecule has 3 aromatic rings. The van der Waals surface area contributed by atoms with Gasteiger partial charge in [0.25, 0.3) is 5.91 Å². The second-order valence-corrected chi connectivity index (χ2v) is 6.57. The summed E-state index contributed by atoms with van der Waals surface area (Å²) in [5.41, 5.74) is 9.02. The highest BCUT2D eigenvalue weighted by atomic mass is 16.2. The van der Waals surface area contributed by atoms with Crippen molar-refractivity contribution in [3.05, 3.63) is 83.2 Å². The summed E-state index contributed by atoms with van der Waals surface area (Å²) in [6.07, 6.45) is 3.65. The Morgan fingerprint density at radius 3 is 2.56 bits per heavy atom. The van der Waals surface area contributed by atoms with Gasteiger partial charge in [-0.15, -0.1) is 0 Å². The third-order valence-electron chi connectivity index (χ3n) is 4.43. The molecular weight excluding hydrogens is 336 g/mol. The van der Waals surface area contributed by atoms with Crippen molar-refractivity contribution in [2.24, 2.45) is 5.10 Å². The third-order valence-corrected chi connectivity index (χ3v) is 4.43. The minimum Gasteiger partial charge on any atom is -0.376 e. The van der Waals surface area contributed by atoms with Crippen LogP contribution in [0.15, 0.2) is 65.9 Å². The zero-order chi connectivity index (χ0) is 19.2. The summed E-state index contributed by atoms with van der Waals surface area (Å²) in [6, 6.07) is 18.2. The minimum atomic E-state index is -0.191. The second-order valence-electron chi connectivity index (χ2n) is 6.57. The van der Waals surface area contributed by atoms with Crippen LogP contribution in [0, 0.1) is 20.8 Å². The first kappa shape index (κ1) is 18.5. The lowest BCUT2D eigenvalue weighted by molar-refractivity contribution is -0.119. The molecule has 1 heterocycles. The molecule has 0 spiro atoms. The molecule has 0 radical (unpaired) electrons. The Morgan fingerprint density at radius 2 is 1.81 bits per heavy atom. The summed E-state index contributed by atoms with van der Waals surface area (Å²) in [4.78, 5) is 12.0. The van der Waals surface area contributed by atoms with E-state index in [0.717, 1.165) is 22.6 Å². The van der Waals surface area contributed by atoms with Crippen molar-refractivity contribution in [3.8, 4) is 5.69 Å². The van der Waals surface area contributed by atoms with Gasteiger partial charge in [0.2, 0.25) is 0 Å². The standard InChI is InChI=1S/C22H24N4O/c1-16-9-10-20(11-17(16)2)23-14-22(27)25-24-13-19-12-18(3)26(15-19)21-7-5-4-6-8-21/h4-13,15,23H,14H2,1-3H3,(H,25,27)/b24-13-. The first-order valence-corrected chi connectivity index (χ1v) is 8.90. The zero-order valence-electron chi connectivity index (χ0n) is 15.9. The maximum atomic E-state index is 12.0. The number of carbonyl (C=O) groups excluding carboxylic acids is 1. The number of benzene rings is 2. The van der Waals surface area contributed by atoms with E-state index in [-0.39, 0.29) is 12.5 Å². The molecule has 3 rings (SSSR count). The Hall–Kier alpha value is -3.34. The monoisotopic (exact) mass is 360 g/mol. The van der Waals surface area contributed by atoms with Gasteiger partial charge in [-0.3, -0.25) is 4.79 Å². The lowest BCUT2D eigenvalue weighted by Crippen LogP contribution is -2.25. The van der Waals surface area contributed by atoms with Crippen molar-refractivity contribution in [1.82, 2.24) is 9.99 Å². The van der Waals surface area contributed by atoms with Gasteiger partial charge in [-0.2, -0.15) is 5.10 Å². The van der Waals surface area contributed by atoms with Crippen LogP contribution in [0.3, 0.4) is 0 Å². The van der Waals surface area contributed by atoms with Gasteiger partial charge in [-0.25, -0.2) is 5.43 Å². The second kappa shape index (κ2) is 8.36.